The Hall–Kier alpha value is -1.10. The minimum atomic E-state index is -0.621. The highest BCUT2D eigenvalue weighted by Crippen LogP contribution is 2.06. The van der Waals surface area contributed by atoms with Crippen molar-refractivity contribution in [1.29, 1.82) is 0 Å². The second-order valence-corrected chi connectivity index (χ2v) is 4.23. The van der Waals surface area contributed by atoms with Gasteiger partial charge in [-0.1, -0.05) is 13.8 Å². The summed E-state index contributed by atoms with van der Waals surface area (Å²) in [6.45, 7) is 7.57. The third-order valence-corrected chi connectivity index (χ3v) is 2.01. The second-order valence-electron chi connectivity index (χ2n) is 4.23. The van der Waals surface area contributed by atoms with Crippen molar-refractivity contribution < 1.29 is 14.3 Å². The number of hydrogen-bond donors (Lipinski definition) is 2. The fraction of sp³-hybridized carbons (Fsp3) is 0.818. The monoisotopic (exact) mass is 230 g/mol. The molecule has 2 atom stereocenters. The van der Waals surface area contributed by atoms with Crippen LogP contribution in [0.1, 0.15) is 34.1 Å². The summed E-state index contributed by atoms with van der Waals surface area (Å²) in [5.74, 6) is -0.438. The van der Waals surface area contributed by atoms with E-state index >= 15 is 0 Å². The number of ether oxygens (including phenoxy) is 1. The summed E-state index contributed by atoms with van der Waals surface area (Å²) >= 11 is 0. The smallest absolute Gasteiger partial charge is 0.328 e. The van der Waals surface area contributed by atoms with Gasteiger partial charge in [-0.2, -0.15) is 0 Å². The SMILES string of the molecule is CCOC(=O)[C@@H](CC(C)C)NC(=O)[C@H](C)N. The first kappa shape index (κ1) is 14.9. The van der Waals surface area contributed by atoms with Crippen LogP contribution >= 0.6 is 0 Å². The summed E-state index contributed by atoms with van der Waals surface area (Å²) in [6.07, 6.45) is 0.553. The van der Waals surface area contributed by atoms with Gasteiger partial charge in [0.25, 0.3) is 0 Å². The first-order chi connectivity index (χ1) is 7.38. The summed E-state index contributed by atoms with van der Waals surface area (Å²) in [4.78, 5) is 23.0. The van der Waals surface area contributed by atoms with Crippen molar-refractivity contribution in [2.45, 2.75) is 46.2 Å². The quantitative estimate of drug-likeness (QED) is 0.648. The Kier molecular flexibility index (Phi) is 6.72. The molecule has 0 rings (SSSR count). The zero-order valence-corrected chi connectivity index (χ0v) is 10.4. The molecule has 0 aromatic heterocycles. The summed E-state index contributed by atoms with van der Waals surface area (Å²) in [5, 5.41) is 2.59. The number of rotatable bonds is 6. The highest BCUT2D eigenvalue weighted by molar-refractivity contribution is 5.87. The summed E-state index contributed by atoms with van der Waals surface area (Å²) < 4.78 is 4.89. The number of carbonyl (C=O) groups excluding carboxylic acids is 2. The van der Waals surface area contributed by atoms with Gasteiger partial charge >= 0.3 is 5.97 Å². The predicted molar refractivity (Wildman–Crippen MR) is 61.7 cm³/mol. The van der Waals surface area contributed by atoms with Gasteiger partial charge in [0.15, 0.2) is 0 Å². The van der Waals surface area contributed by atoms with Gasteiger partial charge in [0, 0.05) is 0 Å². The molecular formula is C11H22N2O3. The lowest BCUT2D eigenvalue weighted by Crippen LogP contribution is -2.48. The molecule has 5 heteroatoms. The fourth-order valence-corrected chi connectivity index (χ4v) is 1.23. The van der Waals surface area contributed by atoms with E-state index in [0.29, 0.717) is 18.9 Å². The normalized spacial score (nSPS) is 14.4. The van der Waals surface area contributed by atoms with Crippen LogP contribution in [0, 0.1) is 5.92 Å². The molecule has 0 aromatic rings. The van der Waals surface area contributed by atoms with Gasteiger partial charge in [-0.3, -0.25) is 4.79 Å². The third kappa shape index (κ3) is 5.70. The third-order valence-electron chi connectivity index (χ3n) is 2.01. The lowest BCUT2D eigenvalue weighted by molar-refractivity contribution is -0.148. The van der Waals surface area contributed by atoms with Crippen LogP contribution in [0.2, 0.25) is 0 Å². The Morgan fingerprint density at radius 1 is 1.31 bits per heavy atom. The maximum Gasteiger partial charge on any atom is 0.328 e. The molecule has 0 aliphatic carbocycles. The second kappa shape index (κ2) is 7.22. The van der Waals surface area contributed by atoms with Gasteiger partial charge in [-0.15, -0.1) is 0 Å². The largest absolute Gasteiger partial charge is 0.464 e. The van der Waals surface area contributed by atoms with E-state index in [1.165, 1.54) is 0 Å². The average Bonchev–Trinajstić information content (AvgIpc) is 2.16. The van der Waals surface area contributed by atoms with E-state index in [0.717, 1.165) is 0 Å². The van der Waals surface area contributed by atoms with Crippen LogP contribution in [0.4, 0.5) is 0 Å². The van der Waals surface area contributed by atoms with Gasteiger partial charge in [-0.05, 0) is 26.2 Å². The van der Waals surface area contributed by atoms with Gasteiger partial charge < -0.3 is 15.8 Å². The van der Waals surface area contributed by atoms with Crippen LogP contribution in [-0.4, -0.2) is 30.6 Å². The molecule has 5 nitrogen and oxygen atoms in total. The molecule has 94 valence electrons. The van der Waals surface area contributed by atoms with Gasteiger partial charge in [-0.25, -0.2) is 4.79 Å². The van der Waals surface area contributed by atoms with Crippen molar-refractivity contribution in [3.05, 3.63) is 0 Å². The Balaban J connectivity index is 4.42. The van der Waals surface area contributed by atoms with Crippen LogP contribution in [0.3, 0.4) is 0 Å². The molecule has 0 spiro atoms. The molecule has 0 aliphatic rings. The highest BCUT2D eigenvalue weighted by atomic mass is 16.5. The van der Waals surface area contributed by atoms with Crippen LogP contribution in [0.5, 0.6) is 0 Å². The Labute approximate surface area is 96.7 Å². The Morgan fingerprint density at radius 2 is 1.88 bits per heavy atom. The fourth-order valence-electron chi connectivity index (χ4n) is 1.23. The van der Waals surface area contributed by atoms with Crippen molar-refractivity contribution in [3.63, 3.8) is 0 Å². The zero-order valence-electron chi connectivity index (χ0n) is 10.4. The molecule has 1 amide bonds. The molecule has 0 fully saturated rings. The van der Waals surface area contributed by atoms with E-state index in [2.05, 4.69) is 5.32 Å². The van der Waals surface area contributed by atoms with E-state index in [1.54, 1.807) is 13.8 Å². The first-order valence-electron chi connectivity index (χ1n) is 5.61. The number of carbonyl (C=O) groups is 2. The first-order valence-corrected chi connectivity index (χ1v) is 5.61. The number of hydrogen-bond acceptors (Lipinski definition) is 4. The van der Waals surface area contributed by atoms with E-state index in [9.17, 15) is 9.59 Å². The van der Waals surface area contributed by atoms with Gasteiger partial charge in [0.1, 0.15) is 6.04 Å². The summed E-state index contributed by atoms with van der Waals surface area (Å²) in [7, 11) is 0. The minimum absolute atomic E-state index is 0.294. The summed E-state index contributed by atoms with van der Waals surface area (Å²) in [5.41, 5.74) is 5.42. The Bertz CT molecular complexity index is 239. The van der Waals surface area contributed by atoms with Crippen LogP contribution in [-0.2, 0) is 14.3 Å². The molecule has 3 N–H and O–H groups in total. The maximum absolute atomic E-state index is 11.6. The van der Waals surface area contributed by atoms with Crippen molar-refractivity contribution in [2.24, 2.45) is 11.7 Å². The lowest BCUT2D eigenvalue weighted by Gasteiger charge is -2.19. The van der Waals surface area contributed by atoms with Crippen LogP contribution < -0.4 is 11.1 Å². The van der Waals surface area contributed by atoms with Crippen molar-refractivity contribution in [1.82, 2.24) is 5.32 Å². The van der Waals surface area contributed by atoms with Crippen molar-refractivity contribution in [3.8, 4) is 0 Å². The van der Waals surface area contributed by atoms with Crippen molar-refractivity contribution >= 4 is 11.9 Å². The van der Waals surface area contributed by atoms with Gasteiger partial charge in [0.05, 0.1) is 12.6 Å². The maximum atomic E-state index is 11.6. The predicted octanol–water partition coefficient (Wildman–Crippen LogP) is 0.428. The number of nitrogens with two attached hydrogens (primary N) is 1. The zero-order chi connectivity index (χ0) is 12.7. The number of amides is 1. The molecule has 0 aliphatic heterocycles. The lowest BCUT2D eigenvalue weighted by atomic mass is 10.0. The number of nitrogens with one attached hydrogen (secondary N) is 1. The minimum Gasteiger partial charge on any atom is -0.464 e. The standard InChI is InChI=1S/C11H22N2O3/c1-5-16-11(15)9(6-7(2)3)13-10(14)8(4)12/h7-9H,5-6,12H2,1-4H3,(H,13,14)/t8-,9+/m0/s1. The van der Waals surface area contributed by atoms with E-state index < -0.39 is 18.1 Å². The van der Waals surface area contributed by atoms with Gasteiger partial charge in [0.2, 0.25) is 5.91 Å². The molecule has 16 heavy (non-hydrogen) atoms. The van der Waals surface area contributed by atoms with E-state index in [1.807, 2.05) is 13.8 Å². The molecule has 0 saturated heterocycles. The van der Waals surface area contributed by atoms with Crippen molar-refractivity contribution in [2.75, 3.05) is 6.61 Å². The molecule has 0 unspecified atom stereocenters. The molecular weight excluding hydrogens is 208 g/mol. The van der Waals surface area contributed by atoms with Crippen LogP contribution in [0.25, 0.3) is 0 Å². The topological polar surface area (TPSA) is 81.4 Å². The highest BCUT2D eigenvalue weighted by Gasteiger charge is 2.23. The van der Waals surface area contributed by atoms with E-state index in [-0.39, 0.29) is 5.91 Å². The molecule has 0 heterocycles. The Morgan fingerprint density at radius 3 is 2.25 bits per heavy atom. The summed E-state index contributed by atoms with van der Waals surface area (Å²) in [6, 6.07) is -1.22. The molecule has 0 aromatic carbocycles. The molecule has 0 radical (unpaired) electrons. The van der Waals surface area contributed by atoms with Crippen LogP contribution in [0.15, 0.2) is 0 Å². The molecule has 0 saturated carbocycles. The molecule has 0 bridgehead atoms. The number of esters is 1. The average molecular weight is 230 g/mol. The van der Waals surface area contributed by atoms with E-state index in [4.69, 9.17) is 10.5 Å².